The lowest BCUT2D eigenvalue weighted by molar-refractivity contribution is -0.152. The Balaban J connectivity index is 2.41. The molecular formula is C12H16O3. The van der Waals surface area contributed by atoms with Gasteiger partial charge < -0.3 is 9.84 Å². The van der Waals surface area contributed by atoms with Crippen LogP contribution in [-0.4, -0.2) is 17.2 Å². The van der Waals surface area contributed by atoms with Gasteiger partial charge in [-0.05, 0) is 19.4 Å². The van der Waals surface area contributed by atoms with E-state index in [0.29, 0.717) is 0 Å². The van der Waals surface area contributed by atoms with E-state index >= 15 is 0 Å². The topological polar surface area (TPSA) is 46.5 Å². The van der Waals surface area contributed by atoms with Gasteiger partial charge in [0.05, 0.1) is 12.0 Å². The largest absolute Gasteiger partial charge is 0.461 e. The summed E-state index contributed by atoms with van der Waals surface area (Å²) in [5, 5.41) is 9.19. The summed E-state index contributed by atoms with van der Waals surface area (Å²) in [5.74, 6) is -0.845. The zero-order valence-electron chi connectivity index (χ0n) is 9.01. The molecule has 15 heavy (non-hydrogen) atoms. The Morgan fingerprint density at radius 1 is 1.33 bits per heavy atom. The molecule has 1 N–H and O–H groups in total. The fourth-order valence-corrected chi connectivity index (χ4v) is 1.06. The molecule has 0 aliphatic carbocycles. The van der Waals surface area contributed by atoms with E-state index in [1.54, 1.807) is 13.8 Å². The van der Waals surface area contributed by atoms with Crippen LogP contribution in [-0.2, 0) is 16.1 Å². The molecule has 0 heterocycles. The Kier molecular flexibility index (Phi) is 4.31. The molecule has 3 nitrogen and oxygen atoms in total. The van der Waals surface area contributed by atoms with Gasteiger partial charge in [-0.1, -0.05) is 30.3 Å². The van der Waals surface area contributed by atoms with Crippen LogP contribution in [0.2, 0.25) is 0 Å². The number of ether oxygens (including phenoxy) is 1. The molecule has 0 saturated carbocycles. The molecule has 0 spiro atoms. The van der Waals surface area contributed by atoms with Gasteiger partial charge in [-0.15, -0.1) is 0 Å². The van der Waals surface area contributed by atoms with Crippen molar-refractivity contribution in [1.29, 1.82) is 0 Å². The zero-order chi connectivity index (χ0) is 11.3. The number of carbonyl (C=O) groups excluding carboxylic acids is 1. The van der Waals surface area contributed by atoms with Crippen LogP contribution in [0, 0.1) is 5.92 Å². The number of hydrogen-bond acceptors (Lipinski definition) is 3. The van der Waals surface area contributed by atoms with E-state index in [0.717, 1.165) is 5.56 Å². The van der Waals surface area contributed by atoms with E-state index in [4.69, 9.17) is 4.74 Å². The summed E-state index contributed by atoms with van der Waals surface area (Å²) in [6.45, 7) is 3.49. The molecule has 0 saturated heterocycles. The van der Waals surface area contributed by atoms with Gasteiger partial charge in [0.15, 0.2) is 0 Å². The quantitative estimate of drug-likeness (QED) is 0.767. The first-order valence-corrected chi connectivity index (χ1v) is 5.00. The Morgan fingerprint density at radius 2 is 1.93 bits per heavy atom. The monoisotopic (exact) mass is 208 g/mol. The summed E-state index contributed by atoms with van der Waals surface area (Å²) in [4.78, 5) is 11.4. The van der Waals surface area contributed by atoms with Crippen LogP contribution in [0.15, 0.2) is 30.3 Å². The van der Waals surface area contributed by atoms with Gasteiger partial charge in [0.1, 0.15) is 6.61 Å². The second-order valence-electron chi connectivity index (χ2n) is 3.62. The lowest BCUT2D eigenvalue weighted by Gasteiger charge is -2.13. The van der Waals surface area contributed by atoms with E-state index in [1.807, 2.05) is 30.3 Å². The molecule has 1 aromatic carbocycles. The Bertz CT molecular complexity index is 306. The maximum Gasteiger partial charge on any atom is 0.311 e. The highest BCUT2D eigenvalue weighted by Gasteiger charge is 2.19. The third kappa shape index (κ3) is 3.72. The summed E-state index contributed by atoms with van der Waals surface area (Å²) in [6, 6.07) is 9.47. The van der Waals surface area contributed by atoms with Crippen molar-refractivity contribution in [3.63, 3.8) is 0 Å². The molecule has 2 atom stereocenters. The van der Waals surface area contributed by atoms with Crippen LogP contribution in [0.3, 0.4) is 0 Å². The predicted octanol–water partition coefficient (Wildman–Crippen LogP) is 1.75. The summed E-state index contributed by atoms with van der Waals surface area (Å²) >= 11 is 0. The molecule has 0 unspecified atom stereocenters. The van der Waals surface area contributed by atoms with Crippen molar-refractivity contribution in [3.8, 4) is 0 Å². The minimum Gasteiger partial charge on any atom is -0.461 e. The van der Waals surface area contributed by atoms with E-state index in [-0.39, 0.29) is 12.6 Å². The maximum atomic E-state index is 11.4. The fourth-order valence-electron chi connectivity index (χ4n) is 1.06. The zero-order valence-corrected chi connectivity index (χ0v) is 9.01. The first-order valence-electron chi connectivity index (χ1n) is 5.00. The minimum absolute atomic E-state index is 0.261. The SMILES string of the molecule is C[C@@H](O)[C@@H](C)C(=O)OCc1ccccc1. The van der Waals surface area contributed by atoms with Crippen LogP contribution in [0.25, 0.3) is 0 Å². The second-order valence-corrected chi connectivity index (χ2v) is 3.62. The van der Waals surface area contributed by atoms with Crippen LogP contribution < -0.4 is 0 Å². The first kappa shape index (κ1) is 11.7. The van der Waals surface area contributed by atoms with Crippen molar-refractivity contribution < 1.29 is 14.6 Å². The van der Waals surface area contributed by atoms with Gasteiger partial charge in [-0.3, -0.25) is 4.79 Å². The minimum atomic E-state index is -0.673. The van der Waals surface area contributed by atoms with Crippen molar-refractivity contribution in [1.82, 2.24) is 0 Å². The average molecular weight is 208 g/mol. The highest BCUT2D eigenvalue weighted by Crippen LogP contribution is 2.07. The third-order valence-electron chi connectivity index (χ3n) is 2.32. The van der Waals surface area contributed by atoms with Gasteiger partial charge in [-0.2, -0.15) is 0 Å². The standard InChI is InChI=1S/C12H16O3/c1-9(10(2)13)12(14)15-8-11-6-4-3-5-7-11/h3-7,9-10,13H,8H2,1-2H3/t9-,10-/m1/s1. The van der Waals surface area contributed by atoms with Gasteiger partial charge >= 0.3 is 5.97 Å². The Morgan fingerprint density at radius 3 is 2.47 bits per heavy atom. The normalized spacial score (nSPS) is 14.3. The van der Waals surface area contributed by atoms with Gasteiger partial charge in [0.2, 0.25) is 0 Å². The van der Waals surface area contributed by atoms with Crippen molar-refractivity contribution in [2.75, 3.05) is 0 Å². The van der Waals surface area contributed by atoms with Gasteiger partial charge in [-0.25, -0.2) is 0 Å². The first-order chi connectivity index (χ1) is 7.11. The highest BCUT2D eigenvalue weighted by atomic mass is 16.5. The summed E-state index contributed by atoms with van der Waals surface area (Å²) in [5.41, 5.74) is 0.948. The third-order valence-corrected chi connectivity index (χ3v) is 2.32. The molecule has 0 amide bonds. The summed E-state index contributed by atoms with van der Waals surface area (Å²) < 4.78 is 5.05. The fraction of sp³-hybridized carbons (Fsp3) is 0.417. The smallest absolute Gasteiger partial charge is 0.311 e. The molecule has 0 aromatic heterocycles. The Hall–Kier alpha value is -1.35. The van der Waals surface area contributed by atoms with Crippen molar-refractivity contribution in [3.05, 3.63) is 35.9 Å². The second kappa shape index (κ2) is 5.51. The van der Waals surface area contributed by atoms with Crippen molar-refractivity contribution in [2.24, 2.45) is 5.92 Å². The number of esters is 1. The molecule has 1 rings (SSSR count). The maximum absolute atomic E-state index is 11.4. The van der Waals surface area contributed by atoms with Crippen LogP contribution in [0.1, 0.15) is 19.4 Å². The molecule has 82 valence electrons. The average Bonchev–Trinajstić information content (AvgIpc) is 2.26. The van der Waals surface area contributed by atoms with Gasteiger partial charge in [0, 0.05) is 0 Å². The molecule has 0 aliphatic heterocycles. The number of carbonyl (C=O) groups is 1. The molecule has 0 aliphatic rings. The van der Waals surface area contributed by atoms with Crippen molar-refractivity contribution >= 4 is 5.97 Å². The molecule has 3 heteroatoms. The molecule has 0 fully saturated rings. The highest BCUT2D eigenvalue weighted by molar-refractivity contribution is 5.72. The van der Waals surface area contributed by atoms with E-state index in [1.165, 1.54) is 0 Å². The number of hydrogen-bond donors (Lipinski definition) is 1. The lowest BCUT2D eigenvalue weighted by Crippen LogP contribution is -2.24. The number of rotatable bonds is 4. The van der Waals surface area contributed by atoms with E-state index in [2.05, 4.69) is 0 Å². The summed E-state index contributed by atoms with van der Waals surface area (Å²) in [7, 11) is 0. The summed E-state index contributed by atoms with van der Waals surface area (Å²) in [6.07, 6.45) is -0.673. The lowest BCUT2D eigenvalue weighted by atomic mass is 10.1. The van der Waals surface area contributed by atoms with E-state index < -0.39 is 12.0 Å². The Labute approximate surface area is 89.7 Å². The molecule has 0 bridgehead atoms. The number of benzene rings is 1. The number of aliphatic hydroxyl groups is 1. The molecule has 1 aromatic rings. The van der Waals surface area contributed by atoms with Crippen LogP contribution in [0.5, 0.6) is 0 Å². The molecule has 0 radical (unpaired) electrons. The van der Waals surface area contributed by atoms with Crippen LogP contribution >= 0.6 is 0 Å². The van der Waals surface area contributed by atoms with E-state index in [9.17, 15) is 9.90 Å². The van der Waals surface area contributed by atoms with Crippen molar-refractivity contribution in [2.45, 2.75) is 26.6 Å². The predicted molar refractivity (Wildman–Crippen MR) is 57.1 cm³/mol. The van der Waals surface area contributed by atoms with Crippen LogP contribution in [0.4, 0.5) is 0 Å². The van der Waals surface area contributed by atoms with Gasteiger partial charge in [0.25, 0.3) is 0 Å². The molecular weight excluding hydrogens is 192 g/mol. The number of aliphatic hydroxyl groups excluding tert-OH is 1.